The number of nitrogens with zero attached hydrogens (tertiary/aromatic N) is 1. The summed E-state index contributed by atoms with van der Waals surface area (Å²) < 4.78 is 0. The van der Waals surface area contributed by atoms with Crippen LogP contribution in [-0.2, 0) is 0 Å². The molecule has 0 aromatic rings. The van der Waals surface area contributed by atoms with Crippen molar-refractivity contribution in [1.82, 2.24) is 4.90 Å². The molecule has 1 aliphatic rings. The third kappa shape index (κ3) is 4.98. The van der Waals surface area contributed by atoms with E-state index in [9.17, 15) is 5.11 Å². The van der Waals surface area contributed by atoms with Gasteiger partial charge in [0, 0.05) is 6.04 Å². The van der Waals surface area contributed by atoms with Crippen LogP contribution >= 0.6 is 0 Å². The Morgan fingerprint density at radius 1 is 1.27 bits per heavy atom. The molecule has 2 nitrogen and oxygen atoms in total. The molecule has 0 radical (unpaired) electrons. The first-order chi connectivity index (χ1) is 7.09. The molecule has 0 aromatic heterocycles. The van der Waals surface area contributed by atoms with E-state index in [1.807, 2.05) is 6.92 Å². The Labute approximate surface area is 94.7 Å². The zero-order chi connectivity index (χ0) is 11.3. The molecule has 0 amide bonds. The summed E-state index contributed by atoms with van der Waals surface area (Å²) in [6, 6.07) is 0.637. The normalized spacial score (nSPS) is 25.8. The standard InChI is InChI=1S/C13H27NO/c1-11(2)7-9-14-8-5-4-6-13(14)10-12(3)15/h11-13,15H,4-10H2,1-3H3. The van der Waals surface area contributed by atoms with Crippen molar-refractivity contribution >= 4 is 0 Å². The zero-order valence-electron chi connectivity index (χ0n) is 10.6. The molecule has 0 aliphatic carbocycles. The van der Waals surface area contributed by atoms with Crippen molar-refractivity contribution in [3.63, 3.8) is 0 Å². The second-order valence-electron chi connectivity index (χ2n) is 5.45. The van der Waals surface area contributed by atoms with Gasteiger partial charge < -0.3 is 10.0 Å². The number of aliphatic hydroxyl groups excluding tert-OH is 1. The second kappa shape index (κ2) is 6.49. The molecule has 1 aliphatic heterocycles. The van der Waals surface area contributed by atoms with Crippen molar-refractivity contribution in [3.8, 4) is 0 Å². The Hall–Kier alpha value is -0.0800. The summed E-state index contributed by atoms with van der Waals surface area (Å²) in [4.78, 5) is 2.59. The molecule has 90 valence electrons. The zero-order valence-corrected chi connectivity index (χ0v) is 10.6. The molecule has 0 saturated carbocycles. The average Bonchev–Trinajstić information content (AvgIpc) is 2.15. The smallest absolute Gasteiger partial charge is 0.0527 e. The topological polar surface area (TPSA) is 23.5 Å². The SMILES string of the molecule is CC(C)CCN1CCCCC1CC(C)O. The minimum Gasteiger partial charge on any atom is -0.393 e. The lowest BCUT2D eigenvalue weighted by Crippen LogP contribution is -2.41. The predicted octanol–water partition coefficient (Wildman–Crippen LogP) is 2.66. The fourth-order valence-corrected chi connectivity index (χ4v) is 2.44. The van der Waals surface area contributed by atoms with Gasteiger partial charge >= 0.3 is 0 Å². The molecule has 15 heavy (non-hydrogen) atoms. The van der Waals surface area contributed by atoms with Crippen LogP contribution in [0, 0.1) is 5.92 Å². The van der Waals surface area contributed by atoms with Crippen molar-refractivity contribution in [2.75, 3.05) is 13.1 Å². The molecule has 2 unspecified atom stereocenters. The summed E-state index contributed by atoms with van der Waals surface area (Å²) in [6.45, 7) is 8.94. The van der Waals surface area contributed by atoms with Crippen LogP contribution in [0.3, 0.4) is 0 Å². The maximum absolute atomic E-state index is 9.47. The van der Waals surface area contributed by atoms with Gasteiger partial charge in [-0.2, -0.15) is 0 Å². The van der Waals surface area contributed by atoms with E-state index in [4.69, 9.17) is 0 Å². The molecular weight excluding hydrogens is 186 g/mol. The summed E-state index contributed by atoms with van der Waals surface area (Å²) in [5.41, 5.74) is 0. The van der Waals surface area contributed by atoms with Crippen molar-refractivity contribution in [2.45, 2.75) is 65.0 Å². The number of rotatable bonds is 5. The van der Waals surface area contributed by atoms with Crippen molar-refractivity contribution in [3.05, 3.63) is 0 Å². The van der Waals surface area contributed by atoms with Gasteiger partial charge in [-0.15, -0.1) is 0 Å². The van der Waals surface area contributed by atoms with Gasteiger partial charge in [0.15, 0.2) is 0 Å². The highest BCUT2D eigenvalue weighted by molar-refractivity contribution is 4.78. The van der Waals surface area contributed by atoms with Gasteiger partial charge in [0.25, 0.3) is 0 Å². The number of hydrogen-bond donors (Lipinski definition) is 1. The highest BCUT2D eigenvalue weighted by atomic mass is 16.3. The van der Waals surface area contributed by atoms with Crippen LogP contribution in [-0.4, -0.2) is 35.2 Å². The van der Waals surface area contributed by atoms with E-state index in [1.165, 1.54) is 38.8 Å². The van der Waals surface area contributed by atoms with Crippen LogP contribution in [0.25, 0.3) is 0 Å². The van der Waals surface area contributed by atoms with Gasteiger partial charge in [0.05, 0.1) is 6.10 Å². The van der Waals surface area contributed by atoms with Gasteiger partial charge in [-0.25, -0.2) is 0 Å². The lowest BCUT2D eigenvalue weighted by atomic mass is 9.96. The minimum absolute atomic E-state index is 0.144. The number of piperidine rings is 1. The minimum atomic E-state index is -0.144. The molecule has 0 spiro atoms. The largest absolute Gasteiger partial charge is 0.393 e. The quantitative estimate of drug-likeness (QED) is 0.759. The average molecular weight is 213 g/mol. The first kappa shape index (κ1) is 13.0. The van der Waals surface area contributed by atoms with Crippen LogP contribution in [0.1, 0.15) is 52.9 Å². The molecular formula is C13H27NO. The summed E-state index contributed by atoms with van der Waals surface area (Å²) in [6.07, 6.45) is 6.07. The van der Waals surface area contributed by atoms with Gasteiger partial charge in [-0.1, -0.05) is 20.3 Å². The lowest BCUT2D eigenvalue weighted by molar-refractivity contribution is 0.0836. The van der Waals surface area contributed by atoms with Crippen molar-refractivity contribution < 1.29 is 5.11 Å². The van der Waals surface area contributed by atoms with E-state index in [-0.39, 0.29) is 6.10 Å². The van der Waals surface area contributed by atoms with Gasteiger partial charge in [0.2, 0.25) is 0 Å². The molecule has 0 bridgehead atoms. The Morgan fingerprint density at radius 2 is 2.00 bits per heavy atom. The fourth-order valence-electron chi connectivity index (χ4n) is 2.44. The summed E-state index contributed by atoms with van der Waals surface area (Å²) >= 11 is 0. The van der Waals surface area contributed by atoms with Crippen LogP contribution in [0.5, 0.6) is 0 Å². The molecule has 1 fully saturated rings. The Morgan fingerprint density at radius 3 is 2.60 bits per heavy atom. The lowest BCUT2D eigenvalue weighted by Gasteiger charge is -2.36. The maximum Gasteiger partial charge on any atom is 0.0527 e. The summed E-state index contributed by atoms with van der Waals surface area (Å²) in [7, 11) is 0. The van der Waals surface area contributed by atoms with Crippen LogP contribution in [0.2, 0.25) is 0 Å². The highest BCUT2D eigenvalue weighted by Gasteiger charge is 2.23. The summed E-state index contributed by atoms with van der Waals surface area (Å²) in [5.74, 6) is 0.791. The monoisotopic (exact) mass is 213 g/mol. The van der Waals surface area contributed by atoms with E-state index >= 15 is 0 Å². The van der Waals surface area contributed by atoms with Gasteiger partial charge in [0.1, 0.15) is 0 Å². The van der Waals surface area contributed by atoms with Crippen LogP contribution in [0.4, 0.5) is 0 Å². The highest BCUT2D eigenvalue weighted by Crippen LogP contribution is 2.21. The van der Waals surface area contributed by atoms with Gasteiger partial charge in [-0.3, -0.25) is 0 Å². The van der Waals surface area contributed by atoms with Crippen molar-refractivity contribution in [2.24, 2.45) is 5.92 Å². The van der Waals surface area contributed by atoms with Crippen molar-refractivity contribution in [1.29, 1.82) is 0 Å². The molecule has 1 rings (SSSR count). The number of likely N-dealkylation sites (tertiary alicyclic amines) is 1. The van der Waals surface area contributed by atoms with E-state index in [2.05, 4.69) is 18.7 Å². The predicted molar refractivity (Wildman–Crippen MR) is 65.0 cm³/mol. The molecule has 0 aromatic carbocycles. The molecule has 2 heteroatoms. The Bertz CT molecular complexity index is 168. The Balaban J connectivity index is 2.35. The molecule has 1 N–H and O–H groups in total. The second-order valence-corrected chi connectivity index (χ2v) is 5.45. The molecule has 2 atom stereocenters. The van der Waals surface area contributed by atoms with Crippen LogP contribution in [0.15, 0.2) is 0 Å². The van der Waals surface area contributed by atoms with E-state index in [0.717, 1.165) is 12.3 Å². The molecule has 1 saturated heterocycles. The number of aliphatic hydroxyl groups is 1. The molecule has 1 heterocycles. The van der Waals surface area contributed by atoms with E-state index in [1.54, 1.807) is 0 Å². The first-order valence-electron chi connectivity index (χ1n) is 6.51. The third-order valence-electron chi connectivity index (χ3n) is 3.36. The third-order valence-corrected chi connectivity index (χ3v) is 3.36. The Kier molecular flexibility index (Phi) is 5.62. The fraction of sp³-hybridized carbons (Fsp3) is 1.00. The maximum atomic E-state index is 9.47. The number of hydrogen-bond acceptors (Lipinski definition) is 2. The van der Waals surface area contributed by atoms with Gasteiger partial charge in [-0.05, 0) is 51.6 Å². The van der Waals surface area contributed by atoms with E-state index in [0.29, 0.717) is 6.04 Å². The van der Waals surface area contributed by atoms with Crippen LogP contribution < -0.4 is 0 Å². The first-order valence-corrected chi connectivity index (χ1v) is 6.51. The summed E-state index contributed by atoms with van der Waals surface area (Å²) in [5, 5.41) is 9.47. The van der Waals surface area contributed by atoms with E-state index < -0.39 is 0 Å².